The number of benzene rings is 1. The molecule has 76 valence electrons. The predicted molar refractivity (Wildman–Crippen MR) is 55.2 cm³/mol. The van der Waals surface area contributed by atoms with Gasteiger partial charge in [0.1, 0.15) is 11.5 Å². The molecule has 0 atom stereocenters. The van der Waals surface area contributed by atoms with Crippen LogP contribution in [0.25, 0.3) is 5.03 Å². The number of nitrogens with zero attached hydrogens (tertiary/aromatic N) is 1. The zero-order valence-corrected chi connectivity index (χ0v) is 8.32. The van der Waals surface area contributed by atoms with Gasteiger partial charge in [0, 0.05) is 11.1 Å². The lowest BCUT2D eigenvalue weighted by Gasteiger charge is -2.12. The van der Waals surface area contributed by atoms with Gasteiger partial charge in [-0.25, -0.2) is 0 Å². The molecule has 2 rings (SSSR count). The highest BCUT2D eigenvalue weighted by Crippen LogP contribution is 2.33. The SMILES string of the molecule is O=C1CC([N+](=O)[O-])=C(Cl)c2ccccc21. The smallest absolute Gasteiger partial charge is 0.273 e. The molecule has 15 heavy (non-hydrogen) atoms. The number of nitro groups is 1. The van der Waals surface area contributed by atoms with E-state index in [1.54, 1.807) is 24.3 Å². The van der Waals surface area contributed by atoms with Gasteiger partial charge in [-0.3, -0.25) is 14.9 Å². The normalized spacial score (nSPS) is 15.1. The Morgan fingerprint density at radius 3 is 2.47 bits per heavy atom. The standard InChI is InChI=1S/C10H6ClNO3/c11-10-7-4-2-1-3-6(7)9(13)5-8(10)12(14)15/h1-4H,5H2. The molecule has 0 saturated carbocycles. The summed E-state index contributed by atoms with van der Waals surface area (Å²) < 4.78 is 0. The van der Waals surface area contributed by atoms with Gasteiger partial charge in [-0.05, 0) is 0 Å². The maximum atomic E-state index is 11.5. The van der Waals surface area contributed by atoms with E-state index < -0.39 is 4.92 Å². The lowest BCUT2D eigenvalue weighted by molar-refractivity contribution is -0.425. The molecule has 5 heteroatoms. The molecule has 0 bridgehead atoms. The van der Waals surface area contributed by atoms with Crippen LogP contribution in [0.15, 0.2) is 30.0 Å². The van der Waals surface area contributed by atoms with E-state index in [4.69, 9.17) is 11.6 Å². The quantitative estimate of drug-likeness (QED) is 0.543. The van der Waals surface area contributed by atoms with Crippen molar-refractivity contribution < 1.29 is 9.72 Å². The number of hydrogen-bond acceptors (Lipinski definition) is 3. The molecule has 0 aromatic heterocycles. The summed E-state index contributed by atoms with van der Waals surface area (Å²) in [5.74, 6) is -0.262. The van der Waals surface area contributed by atoms with Crippen molar-refractivity contribution in [1.82, 2.24) is 0 Å². The summed E-state index contributed by atoms with van der Waals surface area (Å²) >= 11 is 5.86. The van der Waals surface area contributed by atoms with E-state index in [1.807, 2.05) is 0 Å². The summed E-state index contributed by atoms with van der Waals surface area (Å²) in [5, 5.41) is 10.7. The van der Waals surface area contributed by atoms with Crippen molar-refractivity contribution >= 4 is 22.4 Å². The Morgan fingerprint density at radius 1 is 1.27 bits per heavy atom. The van der Waals surface area contributed by atoms with E-state index in [2.05, 4.69) is 0 Å². The van der Waals surface area contributed by atoms with Gasteiger partial charge in [0.25, 0.3) is 5.70 Å². The highest BCUT2D eigenvalue weighted by atomic mass is 35.5. The van der Waals surface area contributed by atoms with Gasteiger partial charge in [0.05, 0.1) is 4.92 Å². The minimum absolute atomic E-state index is 0.0650. The molecular weight excluding hydrogens is 218 g/mol. The Labute approximate surface area is 90.3 Å². The van der Waals surface area contributed by atoms with E-state index >= 15 is 0 Å². The Morgan fingerprint density at radius 2 is 1.87 bits per heavy atom. The molecule has 0 spiro atoms. The van der Waals surface area contributed by atoms with E-state index in [9.17, 15) is 14.9 Å². The number of Topliss-reactive ketones (excluding diaryl/α,β-unsaturated/α-hetero) is 1. The van der Waals surface area contributed by atoms with E-state index in [1.165, 1.54) is 0 Å². The molecule has 1 aliphatic carbocycles. The zero-order valence-electron chi connectivity index (χ0n) is 7.57. The summed E-state index contributed by atoms with van der Waals surface area (Å²) in [4.78, 5) is 21.6. The molecule has 1 aromatic rings. The Hall–Kier alpha value is -1.68. The molecule has 0 N–H and O–H groups in total. The van der Waals surface area contributed by atoms with Crippen molar-refractivity contribution in [2.75, 3.05) is 0 Å². The molecule has 0 unspecified atom stereocenters. The number of allylic oxidation sites excluding steroid dienone is 1. The van der Waals surface area contributed by atoms with Crippen LogP contribution in [0.2, 0.25) is 0 Å². The van der Waals surface area contributed by atoms with Crippen LogP contribution in [-0.2, 0) is 0 Å². The summed E-state index contributed by atoms with van der Waals surface area (Å²) in [6.07, 6.45) is -0.233. The number of ketones is 1. The first-order valence-electron chi connectivity index (χ1n) is 4.27. The number of halogens is 1. The summed E-state index contributed by atoms with van der Waals surface area (Å²) in [6, 6.07) is 6.63. The van der Waals surface area contributed by atoms with Crippen molar-refractivity contribution in [1.29, 1.82) is 0 Å². The minimum atomic E-state index is -0.601. The van der Waals surface area contributed by atoms with Crippen LogP contribution < -0.4 is 0 Å². The largest absolute Gasteiger partial charge is 0.294 e. The second-order valence-corrected chi connectivity index (χ2v) is 3.54. The minimum Gasteiger partial charge on any atom is -0.294 e. The molecule has 0 saturated heterocycles. The predicted octanol–water partition coefficient (Wildman–Crippen LogP) is 2.46. The van der Waals surface area contributed by atoms with Crippen molar-refractivity contribution in [3.8, 4) is 0 Å². The maximum absolute atomic E-state index is 11.5. The van der Waals surface area contributed by atoms with Gasteiger partial charge in [0.2, 0.25) is 0 Å². The van der Waals surface area contributed by atoms with Crippen LogP contribution in [0.1, 0.15) is 22.3 Å². The molecule has 0 heterocycles. The third-order valence-electron chi connectivity index (χ3n) is 2.27. The number of hydrogen-bond donors (Lipinski definition) is 0. The van der Waals surface area contributed by atoms with E-state index in [0.717, 1.165) is 0 Å². The Bertz CT molecular complexity index is 493. The molecule has 1 aromatic carbocycles. The Kier molecular flexibility index (Phi) is 2.28. The third-order valence-corrected chi connectivity index (χ3v) is 2.69. The fraction of sp³-hybridized carbons (Fsp3) is 0.100. The lowest BCUT2D eigenvalue weighted by atomic mass is 9.94. The van der Waals surface area contributed by atoms with Gasteiger partial charge >= 0.3 is 0 Å². The second kappa shape index (κ2) is 3.47. The fourth-order valence-corrected chi connectivity index (χ4v) is 1.84. The van der Waals surface area contributed by atoms with E-state index in [0.29, 0.717) is 11.1 Å². The van der Waals surface area contributed by atoms with Crippen molar-refractivity contribution in [3.05, 3.63) is 51.2 Å². The number of carbonyl (C=O) groups excluding carboxylic acids is 1. The molecular formula is C10H6ClNO3. The highest BCUT2D eigenvalue weighted by Gasteiger charge is 2.30. The fourth-order valence-electron chi connectivity index (χ4n) is 1.54. The first-order valence-corrected chi connectivity index (χ1v) is 4.64. The first kappa shape index (κ1) is 9.86. The van der Waals surface area contributed by atoms with Crippen LogP contribution in [0, 0.1) is 10.1 Å². The summed E-state index contributed by atoms with van der Waals surface area (Å²) in [6.45, 7) is 0. The first-order chi connectivity index (χ1) is 7.11. The molecule has 0 amide bonds. The third kappa shape index (κ3) is 1.53. The van der Waals surface area contributed by atoms with Crippen molar-refractivity contribution in [2.24, 2.45) is 0 Å². The number of carbonyl (C=O) groups is 1. The summed E-state index contributed by atoms with van der Waals surface area (Å²) in [5.41, 5.74) is 0.676. The molecule has 0 radical (unpaired) electrons. The van der Waals surface area contributed by atoms with Crippen LogP contribution in [0.4, 0.5) is 0 Å². The van der Waals surface area contributed by atoms with Crippen LogP contribution in [0.3, 0.4) is 0 Å². The van der Waals surface area contributed by atoms with E-state index in [-0.39, 0.29) is 22.9 Å². The second-order valence-electron chi connectivity index (χ2n) is 3.16. The van der Waals surface area contributed by atoms with Gasteiger partial charge in [-0.2, -0.15) is 0 Å². The number of rotatable bonds is 1. The van der Waals surface area contributed by atoms with Gasteiger partial charge < -0.3 is 0 Å². The average Bonchev–Trinajstić information content (AvgIpc) is 2.23. The Balaban J connectivity index is 2.67. The molecule has 0 aliphatic heterocycles. The van der Waals surface area contributed by atoms with Crippen LogP contribution in [0.5, 0.6) is 0 Å². The van der Waals surface area contributed by atoms with Crippen molar-refractivity contribution in [2.45, 2.75) is 6.42 Å². The molecule has 1 aliphatic rings. The van der Waals surface area contributed by atoms with Crippen LogP contribution >= 0.6 is 11.6 Å². The molecule has 0 fully saturated rings. The average molecular weight is 224 g/mol. The van der Waals surface area contributed by atoms with Gasteiger partial charge in [-0.15, -0.1) is 0 Å². The molecule has 4 nitrogen and oxygen atoms in total. The van der Waals surface area contributed by atoms with Gasteiger partial charge in [-0.1, -0.05) is 35.9 Å². The topological polar surface area (TPSA) is 60.2 Å². The maximum Gasteiger partial charge on any atom is 0.273 e. The lowest BCUT2D eigenvalue weighted by Crippen LogP contribution is -2.14. The monoisotopic (exact) mass is 223 g/mol. The summed E-state index contributed by atoms with van der Waals surface area (Å²) in [7, 11) is 0. The zero-order chi connectivity index (χ0) is 11.0. The number of fused-ring (bicyclic) bond motifs is 1. The highest BCUT2D eigenvalue weighted by molar-refractivity contribution is 6.50. The van der Waals surface area contributed by atoms with Crippen molar-refractivity contribution in [3.63, 3.8) is 0 Å². The van der Waals surface area contributed by atoms with Crippen LogP contribution in [-0.4, -0.2) is 10.7 Å². The van der Waals surface area contributed by atoms with Gasteiger partial charge in [0.15, 0.2) is 5.78 Å².